The van der Waals surface area contributed by atoms with Gasteiger partial charge in [0.15, 0.2) is 5.82 Å². The van der Waals surface area contributed by atoms with Gasteiger partial charge in [-0.15, -0.1) is 0 Å². The van der Waals surface area contributed by atoms with E-state index in [0.29, 0.717) is 11.4 Å². The first kappa shape index (κ1) is 10.5. The Morgan fingerprint density at radius 1 is 1.25 bits per heavy atom. The Kier molecular flexibility index (Phi) is 2.76. The van der Waals surface area contributed by atoms with Crippen LogP contribution in [0.3, 0.4) is 0 Å². The molecular formula is C11H11FN4. The largest absolute Gasteiger partial charge is 0.385 e. The lowest BCUT2D eigenvalue weighted by Crippen LogP contribution is -1.98. The van der Waals surface area contributed by atoms with Gasteiger partial charge in [0.25, 0.3) is 0 Å². The van der Waals surface area contributed by atoms with Gasteiger partial charge >= 0.3 is 0 Å². The van der Waals surface area contributed by atoms with Crippen LogP contribution in [0.1, 0.15) is 5.69 Å². The average Bonchev–Trinajstić information content (AvgIpc) is 2.29. The Morgan fingerprint density at radius 2 is 2.06 bits per heavy atom. The Labute approximate surface area is 92.6 Å². The maximum atomic E-state index is 13.0. The lowest BCUT2D eigenvalue weighted by atomic mass is 10.2. The van der Waals surface area contributed by atoms with E-state index in [-0.39, 0.29) is 0 Å². The molecule has 1 N–H and O–H groups in total. The first-order valence-corrected chi connectivity index (χ1v) is 4.83. The molecule has 0 saturated carbocycles. The van der Waals surface area contributed by atoms with E-state index in [4.69, 9.17) is 0 Å². The van der Waals surface area contributed by atoms with Crippen LogP contribution < -0.4 is 5.32 Å². The van der Waals surface area contributed by atoms with E-state index in [1.54, 1.807) is 13.2 Å². The summed E-state index contributed by atoms with van der Waals surface area (Å²) in [6.07, 6.45) is 4.36. The van der Waals surface area contributed by atoms with Gasteiger partial charge in [-0.1, -0.05) is 0 Å². The average molecular weight is 218 g/mol. The Morgan fingerprint density at radius 3 is 2.69 bits per heavy atom. The Balaban J connectivity index is 2.45. The molecule has 2 heterocycles. The molecule has 0 fully saturated rings. The molecular weight excluding hydrogens is 207 g/mol. The highest BCUT2D eigenvalue weighted by Gasteiger charge is 2.05. The molecule has 0 aliphatic rings. The summed E-state index contributed by atoms with van der Waals surface area (Å²) in [5, 5.41) is 2.97. The van der Waals surface area contributed by atoms with Gasteiger partial charge in [-0.25, -0.2) is 14.4 Å². The fourth-order valence-electron chi connectivity index (χ4n) is 1.39. The van der Waals surface area contributed by atoms with Crippen molar-refractivity contribution in [3.8, 4) is 11.4 Å². The van der Waals surface area contributed by atoms with Gasteiger partial charge in [-0.05, 0) is 13.0 Å². The lowest BCUT2D eigenvalue weighted by molar-refractivity contribution is 0.622. The molecule has 5 heteroatoms. The zero-order valence-electron chi connectivity index (χ0n) is 9.03. The zero-order chi connectivity index (χ0) is 11.5. The standard InChI is InChI=1S/C11H11FN4/c1-7-10(13-2)6-15-11(16-7)8-3-9(12)5-14-4-8/h3-6,13H,1-2H3. The van der Waals surface area contributed by atoms with Crippen molar-refractivity contribution in [2.45, 2.75) is 6.92 Å². The van der Waals surface area contributed by atoms with Crippen molar-refractivity contribution in [1.82, 2.24) is 15.0 Å². The van der Waals surface area contributed by atoms with Crippen molar-refractivity contribution >= 4 is 5.69 Å². The van der Waals surface area contributed by atoms with E-state index in [1.165, 1.54) is 12.3 Å². The molecule has 0 unspecified atom stereocenters. The quantitative estimate of drug-likeness (QED) is 0.837. The summed E-state index contributed by atoms with van der Waals surface area (Å²) in [5.74, 6) is 0.0833. The van der Waals surface area contributed by atoms with Crippen LogP contribution in [-0.4, -0.2) is 22.0 Å². The monoisotopic (exact) mass is 218 g/mol. The summed E-state index contributed by atoms with van der Waals surface area (Å²) in [5.41, 5.74) is 2.25. The van der Waals surface area contributed by atoms with Gasteiger partial charge in [0.2, 0.25) is 0 Å². The van der Waals surface area contributed by atoms with Crippen molar-refractivity contribution in [1.29, 1.82) is 0 Å². The van der Waals surface area contributed by atoms with Crippen molar-refractivity contribution in [3.63, 3.8) is 0 Å². The molecule has 0 aliphatic heterocycles. The molecule has 2 aromatic rings. The zero-order valence-corrected chi connectivity index (χ0v) is 9.03. The van der Waals surface area contributed by atoms with E-state index in [0.717, 1.165) is 17.6 Å². The Bertz CT molecular complexity index is 513. The van der Waals surface area contributed by atoms with E-state index < -0.39 is 5.82 Å². The number of aryl methyl sites for hydroxylation is 1. The second-order valence-electron chi connectivity index (χ2n) is 3.33. The molecule has 2 aromatic heterocycles. The number of hydrogen-bond donors (Lipinski definition) is 1. The van der Waals surface area contributed by atoms with Crippen LogP contribution in [0.2, 0.25) is 0 Å². The van der Waals surface area contributed by atoms with Crippen LogP contribution in [0.25, 0.3) is 11.4 Å². The van der Waals surface area contributed by atoms with Crippen molar-refractivity contribution < 1.29 is 4.39 Å². The number of rotatable bonds is 2. The predicted octanol–water partition coefficient (Wildman–Crippen LogP) is 2.03. The first-order chi connectivity index (χ1) is 7.70. The molecule has 4 nitrogen and oxygen atoms in total. The molecule has 16 heavy (non-hydrogen) atoms. The molecule has 0 aromatic carbocycles. The van der Waals surface area contributed by atoms with E-state index in [9.17, 15) is 4.39 Å². The summed E-state index contributed by atoms with van der Waals surface area (Å²) in [6.45, 7) is 1.86. The highest BCUT2D eigenvalue weighted by molar-refractivity contribution is 5.56. The highest BCUT2D eigenvalue weighted by atomic mass is 19.1. The minimum atomic E-state index is -0.392. The first-order valence-electron chi connectivity index (χ1n) is 4.83. The maximum Gasteiger partial charge on any atom is 0.161 e. The van der Waals surface area contributed by atoms with Crippen molar-refractivity contribution in [2.24, 2.45) is 0 Å². The summed E-state index contributed by atoms with van der Waals surface area (Å²) in [4.78, 5) is 12.2. The third kappa shape index (κ3) is 1.98. The molecule has 2 rings (SSSR count). The fraction of sp³-hybridized carbons (Fsp3) is 0.182. The molecule has 0 aliphatic carbocycles. The summed E-state index contributed by atoms with van der Waals surface area (Å²) < 4.78 is 13.0. The number of nitrogens with one attached hydrogen (secondary N) is 1. The molecule has 82 valence electrons. The second-order valence-corrected chi connectivity index (χ2v) is 3.33. The van der Waals surface area contributed by atoms with Gasteiger partial charge in [-0.2, -0.15) is 0 Å². The van der Waals surface area contributed by atoms with Gasteiger partial charge in [-0.3, -0.25) is 4.98 Å². The number of aromatic nitrogens is 3. The topological polar surface area (TPSA) is 50.7 Å². The summed E-state index contributed by atoms with van der Waals surface area (Å²) in [6, 6.07) is 1.36. The molecule has 0 atom stereocenters. The van der Waals surface area contributed by atoms with E-state index in [1.807, 2.05) is 6.92 Å². The van der Waals surface area contributed by atoms with Gasteiger partial charge in [0.1, 0.15) is 5.82 Å². The van der Waals surface area contributed by atoms with Crippen molar-refractivity contribution in [2.75, 3.05) is 12.4 Å². The number of nitrogens with zero attached hydrogens (tertiary/aromatic N) is 3. The smallest absolute Gasteiger partial charge is 0.161 e. The normalized spacial score (nSPS) is 10.2. The van der Waals surface area contributed by atoms with E-state index >= 15 is 0 Å². The van der Waals surface area contributed by atoms with Crippen LogP contribution in [0.5, 0.6) is 0 Å². The van der Waals surface area contributed by atoms with Crippen LogP contribution >= 0.6 is 0 Å². The SMILES string of the molecule is CNc1cnc(-c2cncc(F)c2)nc1C. The minimum Gasteiger partial charge on any atom is -0.385 e. The third-order valence-electron chi connectivity index (χ3n) is 2.21. The predicted molar refractivity (Wildman–Crippen MR) is 59.5 cm³/mol. The van der Waals surface area contributed by atoms with Crippen molar-refractivity contribution in [3.05, 3.63) is 36.2 Å². The Hall–Kier alpha value is -2.04. The highest BCUT2D eigenvalue weighted by Crippen LogP contribution is 2.17. The fourth-order valence-corrected chi connectivity index (χ4v) is 1.39. The van der Waals surface area contributed by atoms with Crippen LogP contribution in [-0.2, 0) is 0 Å². The molecule has 0 radical (unpaired) electrons. The van der Waals surface area contributed by atoms with Crippen LogP contribution in [0, 0.1) is 12.7 Å². The number of hydrogen-bond acceptors (Lipinski definition) is 4. The number of anilines is 1. The maximum absolute atomic E-state index is 13.0. The van der Waals surface area contributed by atoms with Crippen LogP contribution in [0.4, 0.5) is 10.1 Å². The summed E-state index contributed by atoms with van der Waals surface area (Å²) in [7, 11) is 1.80. The van der Waals surface area contributed by atoms with Crippen LogP contribution in [0.15, 0.2) is 24.7 Å². The van der Waals surface area contributed by atoms with Gasteiger partial charge in [0.05, 0.1) is 23.8 Å². The number of pyridine rings is 1. The molecule has 0 bridgehead atoms. The molecule has 0 saturated heterocycles. The third-order valence-corrected chi connectivity index (χ3v) is 2.21. The minimum absolute atomic E-state index is 0.392. The van der Waals surface area contributed by atoms with Gasteiger partial charge in [0, 0.05) is 18.8 Å². The molecule has 0 spiro atoms. The second kappa shape index (κ2) is 4.22. The lowest BCUT2D eigenvalue weighted by Gasteiger charge is -2.05. The number of halogens is 1. The summed E-state index contributed by atoms with van der Waals surface area (Å²) >= 11 is 0. The van der Waals surface area contributed by atoms with Gasteiger partial charge < -0.3 is 5.32 Å². The van der Waals surface area contributed by atoms with E-state index in [2.05, 4.69) is 20.3 Å². The molecule has 0 amide bonds.